The predicted molar refractivity (Wildman–Crippen MR) is 54.7 cm³/mol. The number of rotatable bonds is 8. The van der Waals surface area contributed by atoms with Crippen molar-refractivity contribution in [3.63, 3.8) is 0 Å². The molecular formula is C10H23NO2. The summed E-state index contributed by atoms with van der Waals surface area (Å²) in [6.07, 6.45) is 4.58. The molecule has 0 aliphatic rings. The highest BCUT2D eigenvalue weighted by molar-refractivity contribution is 4.71. The van der Waals surface area contributed by atoms with Crippen LogP contribution in [0.5, 0.6) is 0 Å². The Bertz CT molecular complexity index is 105. The van der Waals surface area contributed by atoms with Gasteiger partial charge in [0.1, 0.15) is 0 Å². The van der Waals surface area contributed by atoms with Crippen LogP contribution in [0, 0.1) is 0 Å². The van der Waals surface area contributed by atoms with E-state index in [4.69, 9.17) is 10.2 Å². The van der Waals surface area contributed by atoms with Gasteiger partial charge < -0.3 is 15.5 Å². The van der Waals surface area contributed by atoms with Gasteiger partial charge in [0.15, 0.2) is 0 Å². The molecule has 3 heteroatoms. The van der Waals surface area contributed by atoms with Crippen LogP contribution >= 0.6 is 0 Å². The minimum Gasteiger partial charge on any atom is -0.395 e. The van der Waals surface area contributed by atoms with Crippen molar-refractivity contribution in [3.05, 3.63) is 0 Å². The summed E-state index contributed by atoms with van der Waals surface area (Å²) in [6.45, 7) is 4.32. The lowest BCUT2D eigenvalue weighted by molar-refractivity contribution is 0.159. The summed E-state index contributed by atoms with van der Waals surface area (Å²) in [6, 6.07) is 0.283. The maximum absolute atomic E-state index is 8.87. The molecule has 80 valence electrons. The zero-order chi connectivity index (χ0) is 10.1. The molecule has 3 nitrogen and oxygen atoms in total. The van der Waals surface area contributed by atoms with E-state index in [0.717, 1.165) is 12.8 Å². The second kappa shape index (κ2) is 8.48. The van der Waals surface area contributed by atoms with E-state index in [9.17, 15) is 0 Å². The molecule has 0 unspecified atom stereocenters. The van der Waals surface area contributed by atoms with Gasteiger partial charge in [-0.3, -0.25) is 0 Å². The van der Waals surface area contributed by atoms with Gasteiger partial charge in [-0.05, 0) is 12.8 Å². The van der Waals surface area contributed by atoms with Gasteiger partial charge in [0.05, 0.1) is 19.3 Å². The second-order valence-electron chi connectivity index (χ2n) is 3.48. The molecule has 0 saturated carbocycles. The van der Waals surface area contributed by atoms with Crippen LogP contribution in [-0.4, -0.2) is 35.5 Å². The molecule has 0 spiro atoms. The zero-order valence-electron chi connectivity index (χ0n) is 8.79. The van der Waals surface area contributed by atoms with E-state index in [1.165, 1.54) is 12.8 Å². The summed E-state index contributed by atoms with van der Waals surface area (Å²) in [7, 11) is 0. The molecule has 0 fully saturated rings. The van der Waals surface area contributed by atoms with Crippen LogP contribution in [0.4, 0.5) is 0 Å². The molecule has 0 bridgehead atoms. The van der Waals surface area contributed by atoms with E-state index in [0.29, 0.717) is 6.04 Å². The van der Waals surface area contributed by atoms with Crippen molar-refractivity contribution < 1.29 is 10.2 Å². The number of nitrogens with one attached hydrogen (secondary N) is 1. The molecule has 0 aliphatic heterocycles. The Hall–Kier alpha value is -0.120. The fourth-order valence-corrected chi connectivity index (χ4v) is 1.35. The van der Waals surface area contributed by atoms with E-state index in [1.807, 2.05) is 0 Å². The molecule has 0 aromatic carbocycles. The van der Waals surface area contributed by atoms with E-state index < -0.39 is 0 Å². The van der Waals surface area contributed by atoms with Crippen molar-refractivity contribution in [1.29, 1.82) is 0 Å². The van der Waals surface area contributed by atoms with Crippen molar-refractivity contribution in [2.24, 2.45) is 0 Å². The van der Waals surface area contributed by atoms with Gasteiger partial charge in [-0.15, -0.1) is 0 Å². The Morgan fingerprint density at radius 1 is 1.08 bits per heavy atom. The van der Waals surface area contributed by atoms with Crippen molar-refractivity contribution in [2.75, 3.05) is 13.2 Å². The van der Waals surface area contributed by atoms with Gasteiger partial charge in [-0.1, -0.05) is 26.7 Å². The fourth-order valence-electron chi connectivity index (χ4n) is 1.35. The van der Waals surface area contributed by atoms with E-state index in [-0.39, 0.29) is 19.3 Å². The SMILES string of the molecule is CCCC[C@H](CC)NC(CO)CO. The number of aliphatic hydroxyl groups excluding tert-OH is 2. The highest BCUT2D eigenvalue weighted by Crippen LogP contribution is 2.04. The third-order valence-corrected chi connectivity index (χ3v) is 2.31. The first-order valence-electron chi connectivity index (χ1n) is 5.26. The number of hydrogen-bond donors (Lipinski definition) is 3. The number of aliphatic hydroxyl groups is 2. The maximum Gasteiger partial charge on any atom is 0.0607 e. The first kappa shape index (κ1) is 12.9. The summed E-state index contributed by atoms with van der Waals surface area (Å²) in [5.74, 6) is 0. The molecule has 0 aromatic heterocycles. The van der Waals surface area contributed by atoms with Gasteiger partial charge in [0.2, 0.25) is 0 Å². The van der Waals surface area contributed by atoms with Crippen LogP contribution in [0.2, 0.25) is 0 Å². The molecule has 0 saturated heterocycles. The average molecular weight is 189 g/mol. The molecule has 0 aromatic rings. The molecule has 0 radical (unpaired) electrons. The molecule has 3 N–H and O–H groups in total. The van der Waals surface area contributed by atoms with Crippen LogP contribution in [0.1, 0.15) is 39.5 Å². The van der Waals surface area contributed by atoms with Crippen LogP contribution in [0.25, 0.3) is 0 Å². The van der Waals surface area contributed by atoms with E-state index in [2.05, 4.69) is 19.2 Å². The Labute approximate surface area is 81.2 Å². The van der Waals surface area contributed by atoms with Crippen LogP contribution in [-0.2, 0) is 0 Å². The summed E-state index contributed by atoms with van der Waals surface area (Å²) in [4.78, 5) is 0. The molecule has 0 aliphatic carbocycles. The quantitative estimate of drug-likeness (QED) is 0.532. The molecule has 0 rings (SSSR count). The van der Waals surface area contributed by atoms with Gasteiger partial charge >= 0.3 is 0 Å². The third kappa shape index (κ3) is 6.02. The Morgan fingerprint density at radius 3 is 2.08 bits per heavy atom. The lowest BCUT2D eigenvalue weighted by Crippen LogP contribution is -2.42. The van der Waals surface area contributed by atoms with Crippen LogP contribution in [0.3, 0.4) is 0 Å². The zero-order valence-corrected chi connectivity index (χ0v) is 8.79. The monoisotopic (exact) mass is 189 g/mol. The average Bonchev–Trinajstić information content (AvgIpc) is 2.19. The Kier molecular flexibility index (Phi) is 8.40. The van der Waals surface area contributed by atoms with E-state index >= 15 is 0 Å². The summed E-state index contributed by atoms with van der Waals surface area (Å²) >= 11 is 0. The van der Waals surface area contributed by atoms with Gasteiger partial charge in [0, 0.05) is 6.04 Å². The smallest absolute Gasteiger partial charge is 0.0607 e. The van der Waals surface area contributed by atoms with Crippen LogP contribution < -0.4 is 5.32 Å². The van der Waals surface area contributed by atoms with Gasteiger partial charge in [0.25, 0.3) is 0 Å². The Balaban J connectivity index is 3.67. The minimum atomic E-state index is -0.151. The first-order chi connectivity index (χ1) is 6.28. The highest BCUT2D eigenvalue weighted by atomic mass is 16.3. The number of unbranched alkanes of at least 4 members (excludes halogenated alkanes) is 1. The lowest BCUT2D eigenvalue weighted by Gasteiger charge is -2.21. The largest absolute Gasteiger partial charge is 0.395 e. The van der Waals surface area contributed by atoms with E-state index in [1.54, 1.807) is 0 Å². The van der Waals surface area contributed by atoms with Crippen molar-refractivity contribution in [3.8, 4) is 0 Å². The lowest BCUT2D eigenvalue weighted by atomic mass is 10.1. The fraction of sp³-hybridized carbons (Fsp3) is 1.00. The van der Waals surface area contributed by atoms with Crippen molar-refractivity contribution in [1.82, 2.24) is 5.32 Å². The second-order valence-corrected chi connectivity index (χ2v) is 3.48. The molecule has 1 atom stereocenters. The maximum atomic E-state index is 8.87. The van der Waals surface area contributed by atoms with Gasteiger partial charge in [-0.2, -0.15) is 0 Å². The topological polar surface area (TPSA) is 52.5 Å². The summed E-state index contributed by atoms with van der Waals surface area (Å²) in [5, 5.41) is 21.0. The van der Waals surface area contributed by atoms with Crippen molar-refractivity contribution in [2.45, 2.75) is 51.6 Å². The summed E-state index contributed by atoms with van der Waals surface area (Å²) in [5.41, 5.74) is 0. The third-order valence-electron chi connectivity index (χ3n) is 2.31. The first-order valence-corrected chi connectivity index (χ1v) is 5.26. The standard InChI is InChI=1S/C10H23NO2/c1-3-5-6-9(4-2)11-10(7-12)8-13/h9-13H,3-8H2,1-2H3/t9-/m0/s1. The Morgan fingerprint density at radius 2 is 1.69 bits per heavy atom. The normalized spacial score (nSPS) is 13.6. The molecular weight excluding hydrogens is 166 g/mol. The van der Waals surface area contributed by atoms with Gasteiger partial charge in [-0.25, -0.2) is 0 Å². The molecule has 0 amide bonds. The number of hydrogen-bond acceptors (Lipinski definition) is 3. The molecule has 13 heavy (non-hydrogen) atoms. The molecule has 0 heterocycles. The summed E-state index contributed by atoms with van der Waals surface area (Å²) < 4.78 is 0. The predicted octanol–water partition coefficient (Wildman–Crippen LogP) is 0.898. The van der Waals surface area contributed by atoms with Crippen LogP contribution in [0.15, 0.2) is 0 Å². The minimum absolute atomic E-state index is 0.0130. The highest BCUT2D eigenvalue weighted by Gasteiger charge is 2.11. The van der Waals surface area contributed by atoms with Crippen molar-refractivity contribution >= 4 is 0 Å².